The molecule has 132 valence electrons. The monoisotopic (exact) mass is 357 g/mol. The Hall–Kier alpha value is -1.91. The highest BCUT2D eigenvalue weighted by Gasteiger charge is 2.30. The maximum absolute atomic E-state index is 12.6. The molecule has 25 heavy (non-hydrogen) atoms. The molecule has 0 bridgehead atoms. The van der Waals surface area contributed by atoms with Crippen LogP contribution in [0.2, 0.25) is 0 Å². The van der Waals surface area contributed by atoms with Crippen LogP contribution in [0.3, 0.4) is 0 Å². The van der Waals surface area contributed by atoms with E-state index in [1.165, 1.54) is 0 Å². The van der Waals surface area contributed by atoms with Gasteiger partial charge in [-0.05, 0) is 74.1 Å². The van der Waals surface area contributed by atoms with Crippen LogP contribution in [0.1, 0.15) is 32.1 Å². The zero-order chi connectivity index (χ0) is 17.6. The van der Waals surface area contributed by atoms with Crippen molar-refractivity contribution < 1.29 is 4.79 Å². The summed E-state index contributed by atoms with van der Waals surface area (Å²) in [5, 5.41) is 4.09. The molecule has 1 saturated carbocycles. The highest BCUT2D eigenvalue weighted by molar-refractivity contribution is 6.13. The molecule has 2 aromatic rings. The molecule has 3 rings (SSSR count). The minimum atomic E-state index is 0.0700. The molecule has 1 aliphatic carbocycles. The lowest BCUT2D eigenvalue weighted by molar-refractivity contribution is -0.121. The Morgan fingerprint density at radius 1 is 1.32 bits per heavy atom. The molecule has 1 amide bonds. The van der Waals surface area contributed by atoms with Gasteiger partial charge in [0.05, 0.1) is 5.52 Å². The van der Waals surface area contributed by atoms with Crippen molar-refractivity contribution in [1.29, 1.82) is 0 Å². The van der Waals surface area contributed by atoms with Crippen LogP contribution in [-0.2, 0) is 4.79 Å². The number of aromatic nitrogens is 1. The first-order valence-corrected chi connectivity index (χ1v) is 9.21. The van der Waals surface area contributed by atoms with Crippen molar-refractivity contribution >= 4 is 34.3 Å². The number of nitrogens with one attached hydrogen (secondary N) is 2. The van der Waals surface area contributed by atoms with E-state index in [9.17, 15) is 4.79 Å². The number of amides is 1. The quantitative estimate of drug-likeness (QED) is 0.583. The van der Waals surface area contributed by atoms with Crippen LogP contribution in [0, 0.1) is 11.8 Å². The first-order valence-electron chi connectivity index (χ1n) is 8.84. The zero-order valence-corrected chi connectivity index (χ0v) is 15.0. The predicted octanol–water partition coefficient (Wildman–Crippen LogP) is 4.67. The number of fused-ring (bicyclic) bond motifs is 1. The van der Waals surface area contributed by atoms with Crippen LogP contribution in [0.5, 0.6) is 0 Å². The van der Waals surface area contributed by atoms with Crippen molar-refractivity contribution in [3.8, 4) is 0 Å². The molecule has 1 atom stereocenters. The van der Waals surface area contributed by atoms with Crippen LogP contribution in [0.4, 0.5) is 5.69 Å². The molecule has 0 radical (unpaired) electrons. The van der Waals surface area contributed by atoms with E-state index in [1.807, 2.05) is 36.4 Å². The minimum Gasteiger partial charge on any atom is -0.326 e. The lowest BCUT2D eigenvalue weighted by atomic mass is 9.77. The predicted molar refractivity (Wildman–Crippen MR) is 103 cm³/mol. The molecular weight excluding hydrogens is 334 g/mol. The Morgan fingerprint density at radius 3 is 2.84 bits per heavy atom. The van der Waals surface area contributed by atoms with Gasteiger partial charge >= 0.3 is 0 Å². The highest BCUT2D eigenvalue weighted by atomic mass is 35.5. The second-order valence-corrected chi connectivity index (χ2v) is 6.97. The van der Waals surface area contributed by atoms with E-state index in [1.54, 1.807) is 6.20 Å². The van der Waals surface area contributed by atoms with Crippen molar-refractivity contribution in [2.75, 3.05) is 5.32 Å². The summed E-state index contributed by atoms with van der Waals surface area (Å²) in [7, 11) is 0. The summed E-state index contributed by atoms with van der Waals surface area (Å²) in [6.07, 6.45) is 8.35. The third kappa shape index (κ3) is 4.39. The number of carbonyl (C=O) groups excluding carboxylic acids is 1. The standard InChI is InChI=1S/C20H24ClN3O/c1-2-4-19(24-21)14-6-8-15(9-7-14)20(25)23-17-10-11-18-16(13-17)5-3-12-22-18/h2-3,5,10-15,19,24H,1,4,6-9H2,(H,23,25). The van der Waals surface area contributed by atoms with E-state index in [0.717, 1.165) is 48.7 Å². The Balaban J connectivity index is 1.57. The number of rotatable bonds is 6. The number of benzene rings is 1. The Labute approximate surface area is 153 Å². The Morgan fingerprint density at radius 2 is 2.12 bits per heavy atom. The molecule has 0 aliphatic heterocycles. The second kappa shape index (κ2) is 8.45. The molecule has 1 fully saturated rings. The second-order valence-electron chi connectivity index (χ2n) is 6.75. The van der Waals surface area contributed by atoms with Gasteiger partial charge in [-0.15, -0.1) is 6.58 Å². The summed E-state index contributed by atoms with van der Waals surface area (Å²) in [5.74, 6) is 0.688. The molecule has 1 aliphatic rings. The largest absolute Gasteiger partial charge is 0.326 e. The zero-order valence-electron chi connectivity index (χ0n) is 14.2. The van der Waals surface area contributed by atoms with E-state index >= 15 is 0 Å². The number of carbonyl (C=O) groups is 1. The normalized spacial score (nSPS) is 21.6. The number of halogens is 1. The fourth-order valence-corrected chi connectivity index (χ4v) is 3.95. The van der Waals surface area contributed by atoms with E-state index in [2.05, 4.69) is 21.7 Å². The van der Waals surface area contributed by atoms with Gasteiger partial charge in [0.25, 0.3) is 0 Å². The van der Waals surface area contributed by atoms with E-state index in [-0.39, 0.29) is 17.9 Å². The van der Waals surface area contributed by atoms with E-state index < -0.39 is 0 Å². The molecule has 2 N–H and O–H groups in total. The molecule has 0 saturated heterocycles. The van der Waals surface area contributed by atoms with E-state index in [0.29, 0.717) is 5.92 Å². The summed E-state index contributed by atoms with van der Waals surface area (Å²) in [6, 6.07) is 9.98. The van der Waals surface area contributed by atoms with Crippen LogP contribution < -0.4 is 10.2 Å². The molecule has 1 aromatic heterocycles. The van der Waals surface area contributed by atoms with Crippen LogP contribution in [-0.4, -0.2) is 16.9 Å². The molecule has 1 heterocycles. The molecule has 0 spiro atoms. The van der Waals surface area contributed by atoms with Crippen LogP contribution >= 0.6 is 11.8 Å². The first-order chi connectivity index (χ1) is 12.2. The Bertz CT molecular complexity index is 741. The molecule has 5 heteroatoms. The summed E-state index contributed by atoms with van der Waals surface area (Å²) in [4.78, 5) is 19.8. The third-order valence-corrected chi connectivity index (χ3v) is 5.42. The number of hydrogen-bond donors (Lipinski definition) is 2. The van der Waals surface area contributed by atoms with Gasteiger partial charge in [-0.1, -0.05) is 12.1 Å². The summed E-state index contributed by atoms with van der Waals surface area (Å²) in [5.41, 5.74) is 1.77. The maximum Gasteiger partial charge on any atom is 0.227 e. The smallest absolute Gasteiger partial charge is 0.227 e. The van der Waals surface area contributed by atoms with Crippen molar-refractivity contribution in [3.05, 3.63) is 49.2 Å². The summed E-state index contributed by atoms with van der Waals surface area (Å²) >= 11 is 5.85. The maximum atomic E-state index is 12.6. The van der Waals surface area contributed by atoms with Gasteiger partial charge in [-0.25, -0.2) is 4.84 Å². The van der Waals surface area contributed by atoms with Gasteiger partial charge in [0, 0.05) is 29.2 Å². The first kappa shape index (κ1) is 17.9. The van der Waals surface area contributed by atoms with Gasteiger partial charge in [0.2, 0.25) is 5.91 Å². The van der Waals surface area contributed by atoms with Gasteiger partial charge in [-0.2, -0.15) is 0 Å². The topological polar surface area (TPSA) is 54.0 Å². The molecule has 4 nitrogen and oxygen atoms in total. The highest BCUT2D eigenvalue weighted by Crippen LogP contribution is 2.33. The number of anilines is 1. The number of hydrogen-bond acceptors (Lipinski definition) is 3. The van der Waals surface area contributed by atoms with Crippen molar-refractivity contribution in [2.45, 2.75) is 38.1 Å². The molecular formula is C20H24ClN3O. The SMILES string of the molecule is C=CCC(NCl)C1CCC(C(=O)Nc2ccc3ncccc3c2)CC1. The van der Waals surface area contributed by atoms with Gasteiger partial charge in [0.15, 0.2) is 0 Å². The third-order valence-electron chi connectivity index (χ3n) is 5.14. The lowest BCUT2D eigenvalue weighted by Gasteiger charge is -2.32. The Kier molecular flexibility index (Phi) is 6.05. The molecule has 1 unspecified atom stereocenters. The fourth-order valence-electron chi connectivity index (χ4n) is 3.69. The van der Waals surface area contributed by atoms with Gasteiger partial charge in [-0.3, -0.25) is 9.78 Å². The van der Waals surface area contributed by atoms with Crippen LogP contribution in [0.15, 0.2) is 49.2 Å². The number of pyridine rings is 1. The van der Waals surface area contributed by atoms with Crippen LogP contribution in [0.25, 0.3) is 10.9 Å². The average Bonchev–Trinajstić information content (AvgIpc) is 2.66. The van der Waals surface area contributed by atoms with Crippen molar-refractivity contribution in [1.82, 2.24) is 9.82 Å². The van der Waals surface area contributed by atoms with Gasteiger partial charge in [0.1, 0.15) is 0 Å². The lowest BCUT2D eigenvalue weighted by Crippen LogP contribution is -2.35. The average molecular weight is 358 g/mol. The van der Waals surface area contributed by atoms with Crippen molar-refractivity contribution in [3.63, 3.8) is 0 Å². The summed E-state index contributed by atoms with van der Waals surface area (Å²) < 4.78 is 0. The fraction of sp³-hybridized carbons (Fsp3) is 0.400. The summed E-state index contributed by atoms with van der Waals surface area (Å²) in [6.45, 7) is 3.79. The number of nitrogens with zero attached hydrogens (tertiary/aromatic N) is 1. The van der Waals surface area contributed by atoms with Crippen molar-refractivity contribution in [2.24, 2.45) is 11.8 Å². The minimum absolute atomic E-state index is 0.0700. The van der Waals surface area contributed by atoms with Gasteiger partial charge < -0.3 is 5.32 Å². The van der Waals surface area contributed by atoms with E-state index in [4.69, 9.17) is 11.8 Å². The molecule has 1 aromatic carbocycles.